The minimum Gasteiger partial charge on any atom is -0.313 e. The molecule has 0 aromatic rings. The van der Waals surface area contributed by atoms with E-state index in [2.05, 4.69) is 33.0 Å². The van der Waals surface area contributed by atoms with E-state index in [0.29, 0.717) is 5.41 Å². The minimum absolute atomic E-state index is 0.455. The summed E-state index contributed by atoms with van der Waals surface area (Å²) >= 11 is 0. The van der Waals surface area contributed by atoms with Gasteiger partial charge in [-0.1, -0.05) is 34.1 Å². The molecule has 0 radical (unpaired) electrons. The van der Waals surface area contributed by atoms with Crippen LogP contribution in [0.25, 0.3) is 0 Å². The Morgan fingerprint density at radius 3 is 2.44 bits per heavy atom. The Morgan fingerprint density at radius 2 is 1.94 bits per heavy atom. The maximum absolute atomic E-state index is 3.85. The average molecular weight is 251 g/mol. The summed E-state index contributed by atoms with van der Waals surface area (Å²) in [5.74, 6) is 3.20. The highest BCUT2D eigenvalue weighted by atomic mass is 14.9. The Balaban J connectivity index is 1.92. The maximum atomic E-state index is 3.85. The number of fused-ring (bicyclic) bond motifs is 2. The molecule has 18 heavy (non-hydrogen) atoms. The summed E-state index contributed by atoms with van der Waals surface area (Å²) in [7, 11) is 0. The van der Waals surface area contributed by atoms with Crippen molar-refractivity contribution in [3.05, 3.63) is 0 Å². The zero-order valence-electron chi connectivity index (χ0n) is 13.0. The van der Waals surface area contributed by atoms with Gasteiger partial charge in [-0.3, -0.25) is 0 Å². The first-order chi connectivity index (χ1) is 8.56. The van der Waals surface area contributed by atoms with Crippen LogP contribution in [0.3, 0.4) is 0 Å². The molecular weight excluding hydrogens is 218 g/mol. The first-order valence-electron chi connectivity index (χ1n) is 8.30. The first-order valence-corrected chi connectivity index (χ1v) is 8.30. The normalized spacial score (nSPS) is 33.0. The fourth-order valence-corrected chi connectivity index (χ4v) is 4.21. The van der Waals surface area contributed by atoms with E-state index in [1.165, 1.54) is 45.1 Å². The Morgan fingerprint density at radius 1 is 1.17 bits per heavy atom. The molecule has 2 rings (SSSR count). The van der Waals surface area contributed by atoms with Gasteiger partial charge in [0.2, 0.25) is 0 Å². The Labute approximate surface area is 114 Å². The van der Waals surface area contributed by atoms with Crippen LogP contribution in [0, 0.1) is 23.2 Å². The maximum Gasteiger partial charge on any atom is 0.0121 e. The molecule has 2 aliphatic carbocycles. The van der Waals surface area contributed by atoms with Crippen molar-refractivity contribution >= 4 is 0 Å². The summed E-state index contributed by atoms with van der Waals surface area (Å²) in [5.41, 5.74) is 0.455. The van der Waals surface area contributed by atoms with Gasteiger partial charge in [0, 0.05) is 6.04 Å². The van der Waals surface area contributed by atoms with Crippen molar-refractivity contribution in [3.63, 3.8) is 0 Å². The van der Waals surface area contributed by atoms with Crippen LogP contribution in [0.5, 0.6) is 0 Å². The molecule has 1 nitrogen and oxygen atoms in total. The van der Waals surface area contributed by atoms with Crippen LogP contribution < -0.4 is 5.32 Å². The highest BCUT2D eigenvalue weighted by molar-refractivity contribution is 4.94. The molecule has 0 aliphatic heterocycles. The van der Waals surface area contributed by atoms with Crippen LogP contribution in [-0.2, 0) is 0 Å². The number of hydrogen-bond donors (Lipinski definition) is 1. The second-order valence-electron chi connectivity index (χ2n) is 7.52. The first kappa shape index (κ1) is 14.4. The Hall–Kier alpha value is -0.0400. The standard InChI is InChI=1S/C17H33N/c1-5-9-18-16(17(3,4)6-2)12-15-11-13-7-8-14(15)10-13/h13-16,18H,5-12H2,1-4H3. The topological polar surface area (TPSA) is 12.0 Å². The fourth-order valence-electron chi connectivity index (χ4n) is 4.21. The van der Waals surface area contributed by atoms with Crippen LogP contribution in [0.15, 0.2) is 0 Å². The third-order valence-corrected chi connectivity index (χ3v) is 5.92. The molecular formula is C17H33N. The lowest BCUT2D eigenvalue weighted by Crippen LogP contribution is -2.43. The fraction of sp³-hybridized carbons (Fsp3) is 1.00. The van der Waals surface area contributed by atoms with E-state index in [4.69, 9.17) is 0 Å². The van der Waals surface area contributed by atoms with E-state index in [-0.39, 0.29) is 0 Å². The van der Waals surface area contributed by atoms with Crippen molar-refractivity contribution in [1.82, 2.24) is 5.32 Å². The molecule has 0 amide bonds. The molecule has 0 heterocycles. The molecule has 1 heteroatoms. The van der Waals surface area contributed by atoms with E-state index in [9.17, 15) is 0 Å². The lowest BCUT2D eigenvalue weighted by Gasteiger charge is -2.38. The zero-order chi connectivity index (χ0) is 13.2. The lowest BCUT2D eigenvalue weighted by atomic mass is 9.74. The molecule has 1 N–H and O–H groups in total. The number of rotatable bonds is 7. The molecule has 0 saturated heterocycles. The van der Waals surface area contributed by atoms with Crippen molar-refractivity contribution in [2.24, 2.45) is 23.2 Å². The number of hydrogen-bond acceptors (Lipinski definition) is 1. The second-order valence-corrected chi connectivity index (χ2v) is 7.52. The van der Waals surface area contributed by atoms with E-state index < -0.39 is 0 Å². The van der Waals surface area contributed by atoms with E-state index in [1.54, 1.807) is 6.42 Å². The predicted molar refractivity (Wildman–Crippen MR) is 79.7 cm³/mol. The Kier molecular flexibility index (Phi) is 4.75. The molecule has 106 valence electrons. The Bertz CT molecular complexity index is 258. The monoisotopic (exact) mass is 251 g/mol. The van der Waals surface area contributed by atoms with E-state index >= 15 is 0 Å². The van der Waals surface area contributed by atoms with Crippen molar-refractivity contribution in [3.8, 4) is 0 Å². The predicted octanol–water partition coefficient (Wildman–Crippen LogP) is 4.62. The van der Waals surface area contributed by atoms with Crippen LogP contribution in [-0.4, -0.2) is 12.6 Å². The van der Waals surface area contributed by atoms with Gasteiger partial charge in [-0.25, -0.2) is 0 Å². The largest absolute Gasteiger partial charge is 0.313 e. The molecule has 2 saturated carbocycles. The van der Waals surface area contributed by atoms with Gasteiger partial charge in [-0.15, -0.1) is 0 Å². The molecule has 2 aliphatic rings. The van der Waals surface area contributed by atoms with Gasteiger partial charge < -0.3 is 5.32 Å². The van der Waals surface area contributed by atoms with Crippen LogP contribution in [0.4, 0.5) is 0 Å². The van der Waals surface area contributed by atoms with Gasteiger partial charge in [-0.05, 0) is 68.2 Å². The van der Waals surface area contributed by atoms with Gasteiger partial charge >= 0.3 is 0 Å². The van der Waals surface area contributed by atoms with Crippen LogP contribution in [0.2, 0.25) is 0 Å². The highest BCUT2D eigenvalue weighted by Crippen LogP contribution is 2.50. The summed E-state index contributed by atoms with van der Waals surface area (Å²) in [4.78, 5) is 0. The third kappa shape index (κ3) is 3.10. The summed E-state index contributed by atoms with van der Waals surface area (Å²) in [6.45, 7) is 10.7. The van der Waals surface area contributed by atoms with E-state index in [0.717, 1.165) is 23.8 Å². The van der Waals surface area contributed by atoms with Crippen LogP contribution >= 0.6 is 0 Å². The summed E-state index contributed by atoms with van der Waals surface area (Å²) in [5, 5.41) is 3.85. The van der Waals surface area contributed by atoms with Gasteiger partial charge in [-0.2, -0.15) is 0 Å². The number of nitrogens with one attached hydrogen (secondary N) is 1. The van der Waals surface area contributed by atoms with Gasteiger partial charge in [0.15, 0.2) is 0 Å². The van der Waals surface area contributed by atoms with Gasteiger partial charge in [0.05, 0.1) is 0 Å². The SMILES string of the molecule is CCCNC(CC1CC2CCC1C2)C(C)(C)CC. The van der Waals surface area contributed by atoms with Gasteiger partial charge in [0.25, 0.3) is 0 Å². The minimum atomic E-state index is 0.455. The molecule has 4 unspecified atom stereocenters. The second kappa shape index (κ2) is 5.94. The van der Waals surface area contributed by atoms with Crippen molar-refractivity contribution in [1.29, 1.82) is 0 Å². The van der Waals surface area contributed by atoms with Gasteiger partial charge in [0.1, 0.15) is 0 Å². The van der Waals surface area contributed by atoms with Crippen molar-refractivity contribution < 1.29 is 0 Å². The van der Waals surface area contributed by atoms with Crippen molar-refractivity contribution in [2.75, 3.05) is 6.54 Å². The molecule has 2 fully saturated rings. The summed E-state index contributed by atoms with van der Waals surface area (Å²) in [6, 6.07) is 0.729. The summed E-state index contributed by atoms with van der Waals surface area (Å²) < 4.78 is 0. The molecule has 4 atom stereocenters. The molecule has 0 aromatic carbocycles. The van der Waals surface area contributed by atoms with E-state index in [1.807, 2.05) is 0 Å². The van der Waals surface area contributed by atoms with Crippen LogP contribution in [0.1, 0.15) is 72.6 Å². The molecule has 0 aromatic heterocycles. The zero-order valence-corrected chi connectivity index (χ0v) is 13.0. The highest BCUT2D eigenvalue weighted by Gasteiger charge is 2.41. The molecule has 2 bridgehead atoms. The lowest BCUT2D eigenvalue weighted by molar-refractivity contribution is 0.172. The summed E-state index contributed by atoms with van der Waals surface area (Å²) in [6.07, 6.45) is 10.1. The average Bonchev–Trinajstić information content (AvgIpc) is 2.96. The van der Waals surface area contributed by atoms with Crippen molar-refractivity contribution in [2.45, 2.75) is 78.7 Å². The molecule has 0 spiro atoms. The third-order valence-electron chi connectivity index (χ3n) is 5.92. The smallest absolute Gasteiger partial charge is 0.0121 e. The quantitative estimate of drug-likeness (QED) is 0.696.